The first-order valence-corrected chi connectivity index (χ1v) is 8.11. The second-order valence-electron chi connectivity index (χ2n) is 5.38. The quantitative estimate of drug-likeness (QED) is 0.507. The summed E-state index contributed by atoms with van der Waals surface area (Å²) >= 11 is 0. The van der Waals surface area contributed by atoms with Crippen molar-refractivity contribution >= 4 is 5.97 Å². The molecule has 0 aromatic rings. The van der Waals surface area contributed by atoms with Crippen LogP contribution in [0.25, 0.3) is 0 Å². The molecule has 19 heavy (non-hydrogen) atoms. The average Bonchev–Trinajstić information content (AvgIpc) is 2.38. The second kappa shape index (κ2) is 12.5. The molecule has 0 aliphatic carbocycles. The molecule has 1 atom stereocenters. The summed E-state index contributed by atoms with van der Waals surface area (Å²) in [7, 11) is 0. The fourth-order valence-electron chi connectivity index (χ4n) is 2.69. The molecule has 0 aliphatic rings. The van der Waals surface area contributed by atoms with E-state index in [0.717, 1.165) is 19.5 Å². The van der Waals surface area contributed by atoms with Crippen LogP contribution in [0.5, 0.6) is 0 Å². The Kier molecular flexibility index (Phi) is 12.1. The largest absolute Gasteiger partial charge is 0.481 e. The number of carboxylic acids is 1. The van der Waals surface area contributed by atoms with Crippen molar-refractivity contribution in [3.63, 3.8) is 0 Å². The molecule has 3 heteroatoms. The van der Waals surface area contributed by atoms with E-state index in [-0.39, 0.29) is 12.5 Å². The van der Waals surface area contributed by atoms with Crippen LogP contribution in [0.1, 0.15) is 78.6 Å². The summed E-state index contributed by atoms with van der Waals surface area (Å²) in [6.45, 7) is 8.36. The third-order valence-electron chi connectivity index (χ3n) is 3.88. The lowest BCUT2D eigenvalue weighted by Crippen LogP contribution is -2.36. The highest BCUT2D eigenvalue weighted by Gasteiger charge is 2.18. The van der Waals surface area contributed by atoms with Gasteiger partial charge in [0.2, 0.25) is 0 Å². The first-order chi connectivity index (χ1) is 9.15. The highest BCUT2D eigenvalue weighted by Crippen LogP contribution is 2.15. The van der Waals surface area contributed by atoms with Gasteiger partial charge >= 0.3 is 5.97 Å². The molecule has 0 amide bonds. The first-order valence-electron chi connectivity index (χ1n) is 8.11. The molecule has 114 valence electrons. The van der Waals surface area contributed by atoms with E-state index in [0.29, 0.717) is 0 Å². The molecular formula is C16H33NO2. The lowest BCUT2D eigenvalue weighted by Gasteiger charge is -2.28. The van der Waals surface area contributed by atoms with Crippen molar-refractivity contribution in [1.29, 1.82) is 0 Å². The minimum Gasteiger partial charge on any atom is -0.481 e. The Balaban J connectivity index is 3.82. The van der Waals surface area contributed by atoms with Crippen molar-refractivity contribution in [3.8, 4) is 0 Å². The highest BCUT2D eigenvalue weighted by molar-refractivity contribution is 5.67. The lowest BCUT2D eigenvalue weighted by molar-refractivity contribution is -0.138. The van der Waals surface area contributed by atoms with Crippen molar-refractivity contribution in [2.24, 2.45) is 0 Å². The molecule has 0 bridgehead atoms. The van der Waals surface area contributed by atoms with Gasteiger partial charge in [0.05, 0.1) is 6.42 Å². The van der Waals surface area contributed by atoms with Gasteiger partial charge in [-0.1, -0.05) is 65.7 Å². The molecule has 0 saturated heterocycles. The van der Waals surface area contributed by atoms with E-state index in [1.54, 1.807) is 0 Å². The maximum Gasteiger partial charge on any atom is 0.304 e. The van der Waals surface area contributed by atoms with Crippen LogP contribution >= 0.6 is 0 Å². The van der Waals surface area contributed by atoms with Crippen LogP contribution in [0.4, 0.5) is 0 Å². The second-order valence-corrected chi connectivity index (χ2v) is 5.38. The van der Waals surface area contributed by atoms with Crippen LogP contribution in [0.15, 0.2) is 0 Å². The van der Waals surface area contributed by atoms with Gasteiger partial charge in [0.25, 0.3) is 0 Å². The molecule has 0 rings (SSSR count). The Hall–Kier alpha value is -0.570. The van der Waals surface area contributed by atoms with E-state index in [9.17, 15) is 4.79 Å². The molecule has 3 nitrogen and oxygen atoms in total. The van der Waals surface area contributed by atoms with Crippen molar-refractivity contribution in [3.05, 3.63) is 0 Å². The lowest BCUT2D eigenvalue weighted by atomic mass is 10.0. The number of aliphatic carboxylic acids is 1. The van der Waals surface area contributed by atoms with Crippen LogP contribution in [-0.2, 0) is 4.79 Å². The van der Waals surface area contributed by atoms with Crippen LogP contribution in [0.3, 0.4) is 0 Å². The SMILES string of the molecule is CCCCCCCCCC(CC(=O)O)N(CC)CC. The molecule has 0 aromatic heterocycles. The third-order valence-corrected chi connectivity index (χ3v) is 3.88. The van der Waals surface area contributed by atoms with Gasteiger partial charge in [0.15, 0.2) is 0 Å². The predicted octanol–water partition coefficient (Wildman–Crippen LogP) is 4.31. The van der Waals surface area contributed by atoms with Gasteiger partial charge in [0.1, 0.15) is 0 Å². The maximum absolute atomic E-state index is 10.9. The molecule has 0 heterocycles. The van der Waals surface area contributed by atoms with Gasteiger partial charge in [-0.25, -0.2) is 0 Å². The smallest absolute Gasteiger partial charge is 0.304 e. The third kappa shape index (κ3) is 9.94. The van der Waals surface area contributed by atoms with Crippen molar-refractivity contribution < 1.29 is 9.90 Å². The normalized spacial score (nSPS) is 12.8. The molecule has 0 saturated carbocycles. The number of unbranched alkanes of at least 4 members (excludes halogenated alkanes) is 6. The van der Waals surface area contributed by atoms with E-state index >= 15 is 0 Å². The summed E-state index contributed by atoms with van der Waals surface area (Å²) in [4.78, 5) is 13.2. The summed E-state index contributed by atoms with van der Waals surface area (Å²) in [5, 5.41) is 9.00. The fraction of sp³-hybridized carbons (Fsp3) is 0.938. The van der Waals surface area contributed by atoms with Crippen molar-refractivity contribution in [1.82, 2.24) is 4.90 Å². The van der Waals surface area contributed by atoms with Crippen molar-refractivity contribution in [2.75, 3.05) is 13.1 Å². The summed E-state index contributed by atoms with van der Waals surface area (Å²) in [6.07, 6.45) is 10.4. The van der Waals surface area contributed by atoms with Gasteiger partial charge < -0.3 is 10.0 Å². The van der Waals surface area contributed by atoms with Gasteiger partial charge in [-0.3, -0.25) is 4.79 Å². The molecule has 0 fully saturated rings. The summed E-state index contributed by atoms with van der Waals surface area (Å²) < 4.78 is 0. The number of hydrogen-bond donors (Lipinski definition) is 1. The monoisotopic (exact) mass is 271 g/mol. The van der Waals surface area contributed by atoms with E-state index < -0.39 is 5.97 Å². The topological polar surface area (TPSA) is 40.5 Å². The number of rotatable bonds is 13. The minimum atomic E-state index is -0.667. The highest BCUT2D eigenvalue weighted by atomic mass is 16.4. The van der Waals surface area contributed by atoms with E-state index in [1.807, 2.05) is 0 Å². The number of carboxylic acid groups (broad SMARTS) is 1. The maximum atomic E-state index is 10.9. The molecule has 1 unspecified atom stereocenters. The fourth-order valence-corrected chi connectivity index (χ4v) is 2.69. The first kappa shape index (κ1) is 18.4. The number of carbonyl (C=O) groups is 1. The molecule has 0 radical (unpaired) electrons. The molecule has 0 spiro atoms. The number of hydrogen-bond acceptors (Lipinski definition) is 2. The zero-order chi connectivity index (χ0) is 14.5. The van der Waals surface area contributed by atoms with E-state index in [4.69, 9.17) is 5.11 Å². The molecular weight excluding hydrogens is 238 g/mol. The predicted molar refractivity (Wildman–Crippen MR) is 81.6 cm³/mol. The zero-order valence-corrected chi connectivity index (χ0v) is 13.2. The van der Waals surface area contributed by atoms with Crippen LogP contribution < -0.4 is 0 Å². The Morgan fingerprint density at radius 3 is 1.95 bits per heavy atom. The van der Waals surface area contributed by atoms with Crippen LogP contribution in [0, 0.1) is 0 Å². The Morgan fingerprint density at radius 2 is 1.47 bits per heavy atom. The van der Waals surface area contributed by atoms with E-state index in [2.05, 4.69) is 25.7 Å². The summed E-state index contributed by atoms with van der Waals surface area (Å²) in [6, 6.07) is 0.225. The Bertz CT molecular complexity index is 215. The van der Waals surface area contributed by atoms with Crippen LogP contribution in [-0.4, -0.2) is 35.1 Å². The molecule has 1 N–H and O–H groups in total. The average molecular weight is 271 g/mol. The molecule has 0 aromatic carbocycles. The summed E-state index contributed by atoms with van der Waals surface area (Å²) in [5.74, 6) is -0.667. The summed E-state index contributed by atoms with van der Waals surface area (Å²) in [5.41, 5.74) is 0. The minimum absolute atomic E-state index is 0.225. The van der Waals surface area contributed by atoms with Gasteiger partial charge in [0, 0.05) is 6.04 Å². The van der Waals surface area contributed by atoms with E-state index in [1.165, 1.54) is 44.9 Å². The van der Waals surface area contributed by atoms with Gasteiger partial charge in [-0.15, -0.1) is 0 Å². The van der Waals surface area contributed by atoms with Crippen LogP contribution in [0.2, 0.25) is 0 Å². The molecule has 0 aliphatic heterocycles. The zero-order valence-electron chi connectivity index (χ0n) is 13.2. The van der Waals surface area contributed by atoms with Crippen molar-refractivity contribution in [2.45, 2.75) is 84.6 Å². The standard InChI is InChI=1S/C16H33NO2/c1-4-7-8-9-10-11-12-13-15(14-16(18)19)17(5-2)6-3/h15H,4-14H2,1-3H3,(H,18,19). The Morgan fingerprint density at radius 1 is 0.947 bits per heavy atom. The van der Waals surface area contributed by atoms with Gasteiger partial charge in [-0.2, -0.15) is 0 Å². The van der Waals surface area contributed by atoms with Gasteiger partial charge in [-0.05, 0) is 19.5 Å². The number of nitrogens with zero attached hydrogens (tertiary/aromatic N) is 1. The Labute approximate surface area is 119 Å².